The van der Waals surface area contributed by atoms with Gasteiger partial charge in [0.05, 0.1) is 23.3 Å². The van der Waals surface area contributed by atoms with Crippen LogP contribution < -0.4 is 5.32 Å². The molecule has 1 unspecified atom stereocenters. The van der Waals surface area contributed by atoms with Crippen molar-refractivity contribution in [3.8, 4) is 0 Å². The van der Waals surface area contributed by atoms with Crippen LogP contribution in [0.3, 0.4) is 0 Å². The van der Waals surface area contributed by atoms with Crippen LogP contribution in [0, 0.1) is 6.92 Å². The summed E-state index contributed by atoms with van der Waals surface area (Å²) in [6.45, 7) is 9.43. The fourth-order valence-electron chi connectivity index (χ4n) is 3.64. The van der Waals surface area contributed by atoms with Crippen molar-refractivity contribution in [2.45, 2.75) is 32.4 Å². The van der Waals surface area contributed by atoms with Gasteiger partial charge in [0.1, 0.15) is 16.7 Å². The van der Waals surface area contributed by atoms with Gasteiger partial charge in [-0.25, -0.2) is 15.0 Å². The molecule has 1 saturated heterocycles. The molecule has 0 radical (unpaired) electrons. The predicted octanol–water partition coefficient (Wildman–Crippen LogP) is 4.31. The summed E-state index contributed by atoms with van der Waals surface area (Å²) in [5.41, 5.74) is 1.88. The summed E-state index contributed by atoms with van der Waals surface area (Å²) in [6, 6.07) is 8.26. The Hall–Kier alpha value is -1.80. The van der Waals surface area contributed by atoms with Gasteiger partial charge in [-0.1, -0.05) is 35.1 Å². The van der Waals surface area contributed by atoms with Gasteiger partial charge in [0.2, 0.25) is 0 Å². The van der Waals surface area contributed by atoms with E-state index in [1.54, 1.807) is 17.7 Å². The lowest BCUT2D eigenvalue weighted by Gasteiger charge is -2.42. The molecular formula is C20H24ClN5OS. The third-order valence-electron chi connectivity index (χ3n) is 4.92. The van der Waals surface area contributed by atoms with Crippen molar-refractivity contribution < 1.29 is 4.74 Å². The number of rotatable bonds is 5. The van der Waals surface area contributed by atoms with Crippen molar-refractivity contribution in [2.75, 3.05) is 31.6 Å². The zero-order valence-electron chi connectivity index (χ0n) is 16.3. The van der Waals surface area contributed by atoms with Crippen molar-refractivity contribution in [3.63, 3.8) is 0 Å². The maximum atomic E-state index is 6.11. The summed E-state index contributed by atoms with van der Waals surface area (Å²) in [5.74, 6) is 0.779. The van der Waals surface area contributed by atoms with Gasteiger partial charge in [-0.3, -0.25) is 4.90 Å². The molecular weight excluding hydrogens is 394 g/mol. The van der Waals surface area contributed by atoms with Crippen LogP contribution in [0.1, 0.15) is 30.5 Å². The number of anilines is 1. The molecule has 0 saturated carbocycles. The number of aryl methyl sites for hydroxylation is 1. The van der Waals surface area contributed by atoms with Crippen LogP contribution in [0.15, 0.2) is 30.6 Å². The molecule has 0 spiro atoms. The highest BCUT2D eigenvalue weighted by atomic mass is 35.5. The van der Waals surface area contributed by atoms with Gasteiger partial charge < -0.3 is 10.1 Å². The summed E-state index contributed by atoms with van der Waals surface area (Å²) in [4.78, 5) is 16.7. The zero-order valence-corrected chi connectivity index (χ0v) is 17.8. The zero-order chi connectivity index (χ0) is 19.7. The number of nitrogens with one attached hydrogen (secondary N) is 1. The third-order valence-corrected chi connectivity index (χ3v) is 6.05. The van der Waals surface area contributed by atoms with E-state index in [0.29, 0.717) is 6.54 Å². The predicted molar refractivity (Wildman–Crippen MR) is 114 cm³/mol. The molecule has 4 rings (SSSR count). The molecule has 1 aliphatic heterocycles. The average molecular weight is 418 g/mol. The van der Waals surface area contributed by atoms with Crippen LogP contribution in [0.5, 0.6) is 0 Å². The van der Waals surface area contributed by atoms with Crippen LogP contribution in [0.2, 0.25) is 5.02 Å². The largest absolute Gasteiger partial charge is 0.373 e. The number of morpholine rings is 1. The van der Waals surface area contributed by atoms with E-state index in [1.807, 2.05) is 19.1 Å². The summed E-state index contributed by atoms with van der Waals surface area (Å²) in [7, 11) is 0. The first-order chi connectivity index (χ1) is 13.4. The molecule has 8 heteroatoms. The minimum Gasteiger partial charge on any atom is -0.373 e. The van der Waals surface area contributed by atoms with E-state index in [1.165, 1.54) is 5.56 Å². The Morgan fingerprint density at radius 1 is 1.29 bits per heavy atom. The highest BCUT2D eigenvalue weighted by Gasteiger charge is 2.32. The maximum absolute atomic E-state index is 6.11. The topological polar surface area (TPSA) is 63.2 Å². The van der Waals surface area contributed by atoms with Gasteiger partial charge >= 0.3 is 0 Å². The number of hydrogen-bond donors (Lipinski definition) is 1. The van der Waals surface area contributed by atoms with Gasteiger partial charge in [0.15, 0.2) is 5.82 Å². The van der Waals surface area contributed by atoms with Crippen LogP contribution in [-0.4, -0.2) is 51.7 Å². The molecule has 148 valence electrons. The fraction of sp³-hybridized carbons (Fsp3) is 0.450. The number of benzene rings is 1. The molecule has 1 aromatic carbocycles. The standard InChI is InChI=1S/C20H24ClN5OS/c1-13-25-17-18(23-12-24-19(17)28-13)22-10-16(14-4-6-15(21)7-5-14)26-8-9-27-20(2,3)11-26/h4-7,12,16H,8-11H2,1-3H3,(H,22,23,24). The number of aromatic nitrogens is 3. The lowest BCUT2D eigenvalue weighted by molar-refractivity contribution is -0.0963. The van der Waals surface area contributed by atoms with Gasteiger partial charge in [-0.05, 0) is 38.5 Å². The average Bonchev–Trinajstić information content (AvgIpc) is 3.03. The monoisotopic (exact) mass is 417 g/mol. The molecule has 1 N–H and O–H groups in total. The van der Waals surface area contributed by atoms with Crippen molar-refractivity contribution in [3.05, 3.63) is 46.2 Å². The van der Waals surface area contributed by atoms with Gasteiger partial charge in [0.25, 0.3) is 0 Å². The number of ether oxygens (including phenoxy) is 1. The second-order valence-corrected chi connectivity index (χ2v) is 9.25. The number of nitrogens with zero attached hydrogens (tertiary/aromatic N) is 4. The van der Waals surface area contributed by atoms with Crippen molar-refractivity contribution in [2.24, 2.45) is 0 Å². The lowest BCUT2D eigenvalue weighted by Crippen LogP contribution is -2.50. The number of hydrogen-bond acceptors (Lipinski definition) is 7. The second kappa shape index (κ2) is 7.91. The highest BCUT2D eigenvalue weighted by Crippen LogP contribution is 2.29. The Bertz CT molecular complexity index is 959. The summed E-state index contributed by atoms with van der Waals surface area (Å²) < 4.78 is 5.91. The Labute approximate surface area is 173 Å². The Kier molecular flexibility index (Phi) is 5.51. The Morgan fingerprint density at radius 3 is 2.82 bits per heavy atom. The number of halogens is 1. The number of fused-ring (bicyclic) bond motifs is 1. The molecule has 6 nitrogen and oxygen atoms in total. The Morgan fingerprint density at radius 2 is 2.07 bits per heavy atom. The first-order valence-electron chi connectivity index (χ1n) is 9.37. The van der Waals surface area contributed by atoms with E-state index in [9.17, 15) is 0 Å². The van der Waals surface area contributed by atoms with Crippen molar-refractivity contribution in [1.29, 1.82) is 0 Å². The van der Waals surface area contributed by atoms with Gasteiger partial charge in [-0.2, -0.15) is 0 Å². The SMILES string of the molecule is Cc1nc2c(NCC(c3ccc(Cl)cc3)N3CCOC(C)(C)C3)ncnc2s1. The van der Waals surface area contributed by atoms with E-state index in [-0.39, 0.29) is 11.6 Å². The first-order valence-corrected chi connectivity index (χ1v) is 10.6. The van der Waals surface area contributed by atoms with E-state index < -0.39 is 0 Å². The molecule has 28 heavy (non-hydrogen) atoms. The molecule has 0 aliphatic carbocycles. The maximum Gasteiger partial charge on any atom is 0.157 e. The molecule has 3 heterocycles. The van der Waals surface area contributed by atoms with Crippen molar-refractivity contribution >= 4 is 39.1 Å². The molecule has 1 aliphatic rings. The van der Waals surface area contributed by atoms with Gasteiger partial charge in [0, 0.05) is 24.7 Å². The van der Waals surface area contributed by atoms with E-state index in [4.69, 9.17) is 16.3 Å². The van der Waals surface area contributed by atoms with Crippen LogP contribution >= 0.6 is 22.9 Å². The fourth-order valence-corrected chi connectivity index (χ4v) is 4.52. The van der Waals surface area contributed by atoms with E-state index >= 15 is 0 Å². The summed E-state index contributed by atoms with van der Waals surface area (Å²) in [6.07, 6.45) is 1.59. The summed E-state index contributed by atoms with van der Waals surface area (Å²) in [5, 5.41) is 5.25. The lowest BCUT2D eigenvalue weighted by atomic mass is 10.0. The molecule has 0 bridgehead atoms. The quantitative estimate of drug-likeness (QED) is 0.667. The van der Waals surface area contributed by atoms with Crippen LogP contribution in [0.4, 0.5) is 5.82 Å². The van der Waals surface area contributed by atoms with Gasteiger partial charge in [-0.15, -0.1) is 0 Å². The molecule has 3 aromatic rings. The molecule has 0 amide bonds. The first kappa shape index (κ1) is 19.5. The minimum absolute atomic E-state index is 0.170. The third kappa shape index (κ3) is 4.27. The van der Waals surface area contributed by atoms with E-state index in [0.717, 1.165) is 45.9 Å². The second-order valence-electron chi connectivity index (χ2n) is 7.64. The summed E-state index contributed by atoms with van der Waals surface area (Å²) >= 11 is 7.70. The minimum atomic E-state index is -0.170. The number of thiazole rings is 1. The van der Waals surface area contributed by atoms with E-state index in [2.05, 4.69) is 51.1 Å². The highest BCUT2D eigenvalue weighted by molar-refractivity contribution is 7.18. The van der Waals surface area contributed by atoms with Crippen LogP contribution in [0.25, 0.3) is 10.3 Å². The normalized spacial score (nSPS) is 18.3. The van der Waals surface area contributed by atoms with Crippen LogP contribution in [-0.2, 0) is 4.74 Å². The smallest absolute Gasteiger partial charge is 0.157 e. The van der Waals surface area contributed by atoms with Crippen molar-refractivity contribution in [1.82, 2.24) is 19.9 Å². The Balaban J connectivity index is 1.60. The molecule has 2 aromatic heterocycles. The molecule has 1 atom stereocenters. The molecule has 1 fully saturated rings.